The van der Waals surface area contributed by atoms with Gasteiger partial charge >= 0.3 is 0 Å². The number of hydrogen-bond acceptors (Lipinski definition) is 3. The number of aliphatic imine (C=N–C) groups is 2. The van der Waals surface area contributed by atoms with E-state index in [2.05, 4.69) is 15.3 Å². The Morgan fingerprint density at radius 2 is 1.25 bits per heavy atom. The highest BCUT2D eigenvalue weighted by Gasteiger charge is 2.38. The Morgan fingerprint density at radius 1 is 0.800 bits per heavy atom. The fourth-order valence-electron chi connectivity index (χ4n) is 1.51. The first-order valence-electron chi connectivity index (χ1n) is 5.30. The summed E-state index contributed by atoms with van der Waals surface area (Å²) in [7, 11) is 0. The molecule has 0 saturated carbocycles. The quantitative estimate of drug-likeness (QED) is 0.682. The molecule has 0 bridgehead atoms. The van der Waals surface area contributed by atoms with E-state index in [-0.39, 0.29) is 11.7 Å². The fourth-order valence-corrected chi connectivity index (χ4v) is 2.09. The van der Waals surface area contributed by atoms with Crippen LogP contribution in [0.1, 0.15) is 11.7 Å². The molecule has 1 aromatic carbocycles. The molecule has 0 spiro atoms. The Balaban J connectivity index is 2.44. The molecule has 0 aliphatic carbocycles. The standard InChI is InChI=1S/C11H7Cl6N3/c12-10(13,14)8-18-7(6-4-2-1-3-5-6)19-9(20-8)11(15,16)17/h1-5,7H,(H,18,19,20). The predicted octanol–water partition coefficient (Wildman–Crippen LogP) is 4.83. The highest BCUT2D eigenvalue weighted by molar-refractivity contribution is 6.79. The molecule has 3 nitrogen and oxygen atoms in total. The molecule has 2 rings (SSSR count). The first-order valence-corrected chi connectivity index (χ1v) is 7.56. The van der Waals surface area contributed by atoms with E-state index in [1.807, 2.05) is 30.3 Å². The summed E-state index contributed by atoms with van der Waals surface area (Å²) in [6.45, 7) is 0. The van der Waals surface area contributed by atoms with Crippen LogP contribution in [0.2, 0.25) is 0 Å². The van der Waals surface area contributed by atoms with Gasteiger partial charge in [0.15, 0.2) is 17.8 Å². The Labute approximate surface area is 145 Å². The van der Waals surface area contributed by atoms with Crippen molar-refractivity contribution in [2.45, 2.75) is 13.8 Å². The fraction of sp³-hybridized carbons (Fsp3) is 0.273. The van der Waals surface area contributed by atoms with E-state index in [0.717, 1.165) is 5.56 Å². The highest BCUT2D eigenvalue weighted by atomic mass is 35.6. The summed E-state index contributed by atoms with van der Waals surface area (Å²) in [6, 6.07) is 9.20. The van der Waals surface area contributed by atoms with E-state index < -0.39 is 13.8 Å². The van der Waals surface area contributed by atoms with Crippen LogP contribution in [-0.4, -0.2) is 19.3 Å². The third-order valence-electron chi connectivity index (χ3n) is 2.37. The number of nitrogens with zero attached hydrogens (tertiary/aromatic N) is 2. The van der Waals surface area contributed by atoms with Crippen molar-refractivity contribution in [3.05, 3.63) is 35.9 Å². The van der Waals surface area contributed by atoms with Crippen molar-refractivity contribution in [3.8, 4) is 0 Å². The third-order valence-corrected chi connectivity index (χ3v) is 3.45. The van der Waals surface area contributed by atoms with Crippen LogP contribution >= 0.6 is 69.6 Å². The average molecular weight is 394 g/mol. The molecular formula is C11H7Cl6N3. The minimum absolute atomic E-state index is 0.0488. The van der Waals surface area contributed by atoms with Crippen molar-refractivity contribution < 1.29 is 0 Å². The van der Waals surface area contributed by atoms with Crippen molar-refractivity contribution in [1.82, 2.24) is 5.32 Å². The number of nitrogens with one attached hydrogen (secondary N) is 1. The lowest BCUT2D eigenvalue weighted by atomic mass is 10.2. The number of alkyl halides is 6. The third kappa shape index (κ3) is 4.06. The predicted molar refractivity (Wildman–Crippen MR) is 87.8 cm³/mol. The minimum atomic E-state index is -1.77. The Morgan fingerprint density at radius 3 is 1.65 bits per heavy atom. The van der Waals surface area contributed by atoms with Crippen molar-refractivity contribution in [2.75, 3.05) is 0 Å². The number of halogens is 6. The molecule has 0 aromatic heterocycles. The van der Waals surface area contributed by atoms with Crippen molar-refractivity contribution in [1.29, 1.82) is 0 Å². The summed E-state index contributed by atoms with van der Waals surface area (Å²) in [6.07, 6.45) is -0.645. The zero-order valence-corrected chi connectivity index (χ0v) is 14.2. The van der Waals surface area contributed by atoms with Gasteiger partial charge in [-0.25, -0.2) is 9.98 Å². The maximum absolute atomic E-state index is 5.83. The van der Waals surface area contributed by atoms with Crippen LogP contribution in [0.4, 0.5) is 0 Å². The second-order valence-corrected chi connectivity index (χ2v) is 8.42. The van der Waals surface area contributed by atoms with E-state index in [0.29, 0.717) is 0 Å². The normalized spacial score (nSPS) is 17.3. The summed E-state index contributed by atoms with van der Waals surface area (Å²) in [5.74, 6) is 0.0976. The van der Waals surface area contributed by atoms with E-state index in [1.54, 1.807) is 0 Å². The molecule has 0 unspecified atom stereocenters. The topological polar surface area (TPSA) is 36.8 Å². The molecule has 1 aliphatic rings. The Hall–Kier alpha value is 0.1000. The van der Waals surface area contributed by atoms with Crippen molar-refractivity contribution in [2.24, 2.45) is 9.98 Å². The maximum atomic E-state index is 5.83. The van der Waals surface area contributed by atoms with Crippen molar-refractivity contribution >= 4 is 81.3 Å². The van der Waals surface area contributed by atoms with Crippen LogP contribution in [0.15, 0.2) is 40.3 Å². The zero-order valence-electron chi connectivity index (χ0n) is 9.63. The van der Waals surface area contributed by atoms with Gasteiger partial charge in [0.05, 0.1) is 0 Å². The van der Waals surface area contributed by atoms with Gasteiger partial charge in [0.1, 0.15) is 0 Å². The molecule has 1 heterocycles. The van der Waals surface area contributed by atoms with Crippen LogP contribution in [0.25, 0.3) is 0 Å². The summed E-state index contributed by atoms with van der Waals surface area (Å²) in [5.41, 5.74) is 0.785. The van der Waals surface area contributed by atoms with E-state index in [4.69, 9.17) is 69.6 Å². The molecular weight excluding hydrogens is 387 g/mol. The summed E-state index contributed by atoms with van der Waals surface area (Å²) >= 11 is 35.0. The first-order chi connectivity index (χ1) is 9.18. The number of rotatable bonds is 1. The molecule has 108 valence electrons. The smallest absolute Gasteiger partial charge is 0.247 e. The Kier molecular flexibility index (Phi) is 5.00. The van der Waals surface area contributed by atoms with Gasteiger partial charge in [0.2, 0.25) is 7.59 Å². The van der Waals surface area contributed by atoms with Gasteiger partial charge in [0, 0.05) is 0 Å². The molecule has 0 atom stereocenters. The molecule has 20 heavy (non-hydrogen) atoms. The van der Waals surface area contributed by atoms with Crippen LogP contribution in [-0.2, 0) is 0 Å². The second kappa shape index (κ2) is 6.07. The van der Waals surface area contributed by atoms with E-state index >= 15 is 0 Å². The van der Waals surface area contributed by atoms with Crippen LogP contribution in [0.3, 0.4) is 0 Å². The van der Waals surface area contributed by atoms with Gasteiger partial charge in [-0.05, 0) is 5.56 Å². The van der Waals surface area contributed by atoms with E-state index in [9.17, 15) is 0 Å². The average Bonchev–Trinajstić information content (AvgIpc) is 2.37. The summed E-state index contributed by atoms with van der Waals surface area (Å²) in [5, 5.41) is 2.64. The molecule has 1 aliphatic heterocycles. The minimum Gasteiger partial charge on any atom is -0.325 e. The molecule has 0 fully saturated rings. The van der Waals surface area contributed by atoms with Crippen LogP contribution in [0, 0.1) is 0 Å². The lowest BCUT2D eigenvalue weighted by Crippen LogP contribution is -2.47. The second-order valence-electron chi connectivity index (χ2n) is 3.86. The number of benzene rings is 1. The monoisotopic (exact) mass is 391 g/mol. The lowest BCUT2D eigenvalue weighted by Gasteiger charge is -2.27. The van der Waals surface area contributed by atoms with Gasteiger partial charge in [-0.15, -0.1) is 0 Å². The molecule has 1 aromatic rings. The van der Waals surface area contributed by atoms with Crippen molar-refractivity contribution in [3.63, 3.8) is 0 Å². The van der Waals surface area contributed by atoms with E-state index in [1.165, 1.54) is 0 Å². The molecule has 0 radical (unpaired) electrons. The van der Waals surface area contributed by atoms with Gasteiger partial charge in [-0.1, -0.05) is 99.9 Å². The molecule has 1 N–H and O–H groups in total. The number of hydrogen-bond donors (Lipinski definition) is 1. The number of amidine groups is 2. The van der Waals surface area contributed by atoms with Gasteiger partial charge in [-0.2, -0.15) is 0 Å². The molecule has 9 heteroatoms. The van der Waals surface area contributed by atoms with Crippen LogP contribution < -0.4 is 5.32 Å². The summed E-state index contributed by atoms with van der Waals surface area (Å²) in [4.78, 5) is 8.47. The maximum Gasteiger partial charge on any atom is 0.247 e. The van der Waals surface area contributed by atoms with Crippen LogP contribution in [0.5, 0.6) is 0 Å². The molecule has 0 amide bonds. The zero-order chi connectivity index (χ0) is 15.0. The van der Waals surface area contributed by atoms with Gasteiger partial charge in [-0.3, -0.25) is 0 Å². The first kappa shape index (κ1) is 16.5. The SMILES string of the molecule is ClC(Cl)(Cl)C1=NC(c2ccccc2)N=C(C(Cl)(Cl)Cl)N1. The Bertz CT molecular complexity index is 514. The van der Waals surface area contributed by atoms with Gasteiger partial charge in [0.25, 0.3) is 0 Å². The molecule has 0 saturated heterocycles. The highest BCUT2D eigenvalue weighted by Crippen LogP contribution is 2.35. The summed E-state index contributed by atoms with van der Waals surface area (Å²) < 4.78 is -3.55. The largest absolute Gasteiger partial charge is 0.325 e. The van der Waals surface area contributed by atoms with Gasteiger partial charge < -0.3 is 5.32 Å². The lowest BCUT2D eigenvalue weighted by molar-refractivity contribution is 0.746.